The molecule has 0 spiro atoms. The summed E-state index contributed by atoms with van der Waals surface area (Å²) in [6.45, 7) is 3.91. The molecule has 23 heavy (non-hydrogen) atoms. The summed E-state index contributed by atoms with van der Waals surface area (Å²) in [5, 5.41) is 3.08. The first-order valence-electron chi connectivity index (χ1n) is 8.83. The van der Waals surface area contributed by atoms with Gasteiger partial charge in [-0.3, -0.25) is 9.59 Å². The highest BCUT2D eigenvalue weighted by atomic mass is 16.2. The summed E-state index contributed by atoms with van der Waals surface area (Å²) in [6.07, 6.45) is 6.71. The Hall–Kier alpha value is -1.84. The summed E-state index contributed by atoms with van der Waals surface area (Å²) in [5.41, 5.74) is 1.32. The molecule has 1 heterocycles. The van der Waals surface area contributed by atoms with Gasteiger partial charge in [0.05, 0.1) is 0 Å². The Morgan fingerprint density at radius 3 is 2.13 bits per heavy atom. The van der Waals surface area contributed by atoms with E-state index in [0.717, 1.165) is 38.8 Å². The van der Waals surface area contributed by atoms with Gasteiger partial charge in [0.25, 0.3) is 11.8 Å². The van der Waals surface area contributed by atoms with Gasteiger partial charge in [-0.2, -0.15) is 0 Å². The summed E-state index contributed by atoms with van der Waals surface area (Å²) in [4.78, 5) is 26.6. The van der Waals surface area contributed by atoms with E-state index >= 15 is 0 Å². The Morgan fingerprint density at radius 1 is 0.957 bits per heavy atom. The van der Waals surface area contributed by atoms with Gasteiger partial charge < -0.3 is 10.2 Å². The van der Waals surface area contributed by atoms with Gasteiger partial charge in [0.15, 0.2) is 0 Å². The fourth-order valence-corrected chi connectivity index (χ4v) is 3.50. The smallest absolute Gasteiger partial charge is 0.253 e. The van der Waals surface area contributed by atoms with Crippen LogP contribution in [0, 0.1) is 5.92 Å². The van der Waals surface area contributed by atoms with Crippen molar-refractivity contribution in [2.45, 2.75) is 51.5 Å². The molecule has 1 saturated carbocycles. The van der Waals surface area contributed by atoms with E-state index in [1.807, 2.05) is 4.90 Å². The van der Waals surface area contributed by atoms with Gasteiger partial charge >= 0.3 is 0 Å². The summed E-state index contributed by atoms with van der Waals surface area (Å²) >= 11 is 0. The third-order valence-corrected chi connectivity index (χ3v) is 5.16. The van der Waals surface area contributed by atoms with Crippen molar-refractivity contribution in [3.63, 3.8) is 0 Å². The normalized spacial score (nSPS) is 19.8. The zero-order chi connectivity index (χ0) is 16.2. The number of hydrogen-bond donors (Lipinski definition) is 1. The van der Waals surface area contributed by atoms with Crippen molar-refractivity contribution in [1.82, 2.24) is 10.2 Å². The molecule has 1 aliphatic carbocycles. The minimum absolute atomic E-state index is 0.0253. The van der Waals surface area contributed by atoms with Crippen LogP contribution in [0.4, 0.5) is 0 Å². The summed E-state index contributed by atoms with van der Waals surface area (Å²) < 4.78 is 0. The van der Waals surface area contributed by atoms with Crippen molar-refractivity contribution in [3.8, 4) is 0 Å². The van der Waals surface area contributed by atoms with Crippen molar-refractivity contribution >= 4 is 11.8 Å². The number of nitrogens with one attached hydrogen (secondary N) is 1. The molecule has 0 unspecified atom stereocenters. The van der Waals surface area contributed by atoms with Crippen LogP contribution in [-0.4, -0.2) is 35.8 Å². The molecule has 1 N–H and O–H groups in total. The molecule has 2 aliphatic rings. The maximum atomic E-state index is 12.5. The van der Waals surface area contributed by atoms with E-state index < -0.39 is 0 Å². The predicted octanol–water partition coefficient (Wildman–Crippen LogP) is 3.23. The molecule has 4 heteroatoms. The number of nitrogens with zero attached hydrogens (tertiary/aromatic N) is 1. The summed E-state index contributed by atoms with van der Waals surface area (Å²) in [7, 11) is 0. The Morgan fingerprint density at radius 2 is 1.52 bits per heavy atom. The van der Waals surface area contributed by atoms with Crippen molar-refractivity contribution in [1.29, 1.82) is 0 Å². The van der Waals surface area contributed by atoms with Crippen LogP contribution in [0.15, 0.2) is 24.3 Å². The minimum atomic E-state index is -0.0253. The molecule has 1 saturated heterocycles. The fourth-order valence-electron chi connectivity index (χ4n) is 3.50. The molecule has 3 rings (SSSR count). The van der Waals surface area contributed by atoms with Gasteiger partial charge in [0.1, 0.15) is 0 Å². The Bertz CT molecular complexity index is 553. The highest BCUT2D eigenvalue weighted by Gasteiger charge is 2.22. The topological polar surface area (TPSA) is 49.4 Å². The van der Waals surface area contributed by atoms with Crippen molar-refractivity contribution < 1.29 is 9.59 Å². The molecule has 1 aliphatic heterocycles. The second kappa shape index (κ2) is 7.16. The van der Waals surface area contributed by atoms with Crippen LogP contribution in [-0.2, 0) is 0 Å². The average molecular weight is 314 g/mol. The largest absolute Gasteiger partial charge is 0.349 e. The number of amides is 2. The molecule has 124 valence electrons. The van der Waals surface area contributed by atoms with Gasteiger partial charge in [-0.05, 0) is 55.9 Å². The molecule has 1 aromatic carbocycles. The summed E-state index contributed by atoms with van der Waals surface area (Å²) in [6, 6.07) is 7.42. The molecule has 2 amide bonds. The van der Waals surface area contributed by atoms with E-state index in [1.165, 1.54) is 12.8 Å². The average Bonchev–Trinajstić information content (AvgIpc) is 3.08. The molecule has 4 nitrogen and oxygen atoms in total. The molecular weight excluding hydrogens is 288 g/mol. The van der Waals surface area contributed by atoms with Gasteiger partial charge in [-0.15, -0.1) is 0 Å². The number of hydrogen-bond acceptors (Lipinski definition) is 2. The van der Waals surface area contributed by atoms with Crippen LogP contribution in [0.1, 0.15) is 66.2 Å². The van der Waals surface area contributed by atoms with Crippen LogP contribution < -0.4 is 5.32 Å². The van der Waals surface area contributed by atoms with Crippen molar-refractivity contribution in [3.05, 3.63) is 35.4 Å². The molecule has 0 radical (unpaired) electrons. The number of carbonyl (C=O) groups is 2. The van der Waals surface area contributed by atoms with E-state index in [0.29, 0.717) is 23.1 Å². The molecular formula is C19H26N2O2. The Labute approximate surface area is 138 Å². The van der Waals surface area contributed by atoms with Crippen LogP contribution in [0.25, 0.3) is 0 Å². The highest BCUT2D eigenvalue weighted by Crippen LogP contribution is 2.20. The van der Waals surface area contributed by atoms with E-state index in [9.17, 15) is 9.59 Å². The first kappa shape index (κ1) is 16.0. The first-order chi connectivity index (χ1) is 11.1. The highest BCUT2D eigenvalue weighted by molar-refractivity contribution is 5.98. The maximum Gasteiger partial charge on any atom is 0.253 e. The molecule has 0 aromatic heterocycles. The molecule has 0 bridgehead atoms. The molecule has 1 aromatic rings. The van der Waals surface area contributed by atoms with E-state index in [2.05, 4.69) is 12.2 Å². The number of piperidine rings is 1. The second-order valence-corrected chi connectivity index (χ2v) is 7.01. The monoisotopic (exact) mass is 314 g/mol. The van der Waals surface area contributed by atoms with Crippen LogP contribution in [0.5, 0.6) is 0 Å². The SMILES string of the molecule is CC1CCN(C(=O)c2ccc(C(=O)NC3CCCC3)cc2)CC1. The lowest BCUT2D eigenvalue weighted by Crippen LogP contribution is -2.38. The van der Waals surface area contributed by atoms with Gasteiger partial charge in [0, 0.05) is 30.3 Å². The molecule has 2 fully saturated rings. The first-order valence-corrected chi connectivity index (χ1v) is 8.83. The fraction of sp³-hybridized carbons (Fsp3) is 0.579. The number of benzene rings is 1. The Kier molecular flexibility index (Phi) is 4.99. The third kappa shape index (κ3) is 3.92. The predicted molar refractivity (Wildman–Crippen MR) is 90.5 cm³/mol. The van der Waals surface area contributed by atoms with Gasteiger partial charge in [-0.25, -0.2) is 0 Å². The van der Waals surface area contributed by atoms with Crippen LogP contribution >= 0.6 is 0 Å². The lowest BCUT2D eigenvalue weighted by molar-refractivity contribution is 0.0696. The number of rotatable bonds is 3. The number of likely N-dealkylation sites (tertiary alicyclic amines) is 1. The van der Waals surface area contributed by atoms with E-state index in [4.69, 9.17) is 0 Å². The zero-order valence-corrected chi connectivity index (χ0v) is 13.9. The Balaban J connectivity index is 1.59. The zero-order valence-electron chi connectivity index (χ0n) is 13.9. The van der Waals surface area contributed by atoms with E-state index in [1.54, 1.807) is 24.3 Å². The third-order valence-electron chi connectivity index (χ3n) is 5.16. The minimum Gasteiger partial charge on any atom is -0.349 e. The van der Waals surface area contributed by atoms with Gasteiger partial charge in [0.2, 0.25) is 0 Å². The van der Waals surface area contributed by atoms with Crippen LogP contribution in [0.3, 0.4) is 0 Å². The van der Waals surface area contributed by atoms with Crippen molar-refractivity contribution in [2.24, 2.45) is 5.92 Å². The van der Waals surface area contributed by atoms with Gasteiger partial charge in [-0.1, -0.05) is 19.8 Å². The number of carbonyl (C=O) groups excluding carboxylic acids is 2. The lowest BCUT2D eigenvalue weighted by Gasteiger charge is -2.30. The quantitative estimate of drug-likeness (QED) is 0.931. The van der Waals surface area contributed by atoms with E-state index in [-0.39, 0.29) is 11.8 Å². The summed E-state index contributed by atoms with van der Waals surface area (Å²) in [5.74, 6) is 0.767. The maximum absolute atomic E-state index is 12.5. The molecule has 0 atom stereocenters. The van der Waals surface area contributed by atoms with Crippen LogP contribution in [0.2, 0.25) is 0 Å². The standard InChI is InChI=1S/C19H26N2O2/c1-14-10-12-21(13-11-14)19(23)16-8-6-15(7-9-16)18(22)20-17-4-2-3-5-17/h6-9,14,17H,2-5,10-13H2,1H3,(H,20,22). The van der Waals surface area contributed by atoms with Crippen molar-refractivity contribution in [2.75, 3.05) is 13.1 Å². The lowest BCUT2D eigenvalue weighted by atomic mass is 9.98. The second-order valence-electron chi connectivity index (χ2n) is 7.01.